The zero-order valence-electron chi connectivity index (χ0n) is 12.2. The molecule has 0 amide bonds. The molecule has 1 N–H and O–H groups in total. The van der Waals surface area contributed by atoms with Crippen LogP contribution in [0.4, 0.5) is 8.78 Å². The second kappa shape index (κ2) is 7.59. The van der Waals surface area contributed by atoms with E-state index >= 15 is 0 Å². The molecule has 0 atom stereocenters. The first-order valence-electron chi connectivity index (χ1n) is 7.25. The van der Waals surface area contributed by atoms with Gasteiger partial charge in [0.25, 0.3) is 0 Å². The highest BCUT2D eigenvalue weighted by atomic mass is 19.1. The lowest BCUT2D eigenvalue weighted by Crippen LogP contribution is -2.38. The van der Waals surface area contributed by atoms with Gasteiger partial charge in [-0.05, 0) is 37.1 Å². The number of benzene rings is 1. The molecule has 1 nitrogen and oxygen atoms in total. The lowest BCUT2D eigenvalue weighted by Gasteiger charge is -2.34. The lowest BCUT2D eigenvalue weighted by molar-refractivity contribution is 0.335. The second-order valence-electron chi connectivity index (χ2n) is 5.22. The summed E-state index contributed by atoms with van der Waals surface area (Å²) in [7, 11) is 0. The minimum Gasteiger partial charge on any atom is -0.316 e. The number of likely N-dealkylation sites (N-methyl/N-ethyl adjacent to an activating group) is 1. The molecule has 0 saturated carbocycles. The van der Waals surface area contributed by atoms with Crippen molar-refractivity contribution in [1.82, 2.24) is 5.32 Å². The molecule has 0 aliphatic heterocycles. The van der Waals surface area contributed by atoms with E-state index in [1.807, 2.05) is 0 Å². The minimum atomic E-state index is -0.483. The molecule has 19 heavy (non-hydrogen) atoms. The van der Waals surface area contributed by atoms with E-state index in [9.17, 15) is 8.78 Å². The van der Waals surface area contributed by atoms with Crippen LogP contribution in [0.3, 0.4) is 0 Å². The van der Waals surface area contributed by atoms with Crippen molar-refractivity contribution in [3.63, 3.8) is 0 Å². The fourth-order valence-corrected chi connectivity index (χ4v) is 2.87. The van der Waals surface area contributed by atoms with Gasteiger partial charge in [-0.15, -0.1) is 0 Å². The van der Waals surface area contributed by atoms with Crippen LogP contribution in [0.25, 0.3) is 0 Å². The van der Waals surface area contributed by atoms with Gasteiger partial charge in [-0.1, -0.05) is 33.6 Å². The summed E-state index contributed by atoms with van der Waals surface area (Å²) in [4.78, 5) is 0. The van der Waals surface area contributed by atoms with Crippen LogP contribution in [0.5, 0.6) is 0 Å². The highest BCUT2D eigenvalue weighted by Crippen LogP contribution is 2.34. The van der Waals surface area contributed by atoms with Gasteiger partial charge >= 0.3 is 0 Å². The molecule has 1 rings (SSSR count). The molecule has 0 radical (unpaired) electrons. The Labute approximate surface area is 115 Å². The van der Waals surface area contributed by atoms with E-state index in [1.165, 1.54) is 12.1 Å². The monoisotopic (exact) mass is 269 g/mol. The van der Waals surface area contributed by atoms with Gasteiger partial charge in [0.2, 0.25) is 0 Å². The van der Waals surface area contributed by atoms with Crippen molar-refractivity contribution in [1.29, 1.82) is 0 Å². The van der Waals surface area contributed by atoms with Crippen molar-refractivity contribution in [3.05, 3.63) is 35.4 Å². The Morgan fingerprint density at radius 2 is 1.47 bits per heavy atom. The average molecular weight is 269 g/mol. The van der Waals surface area contributed by atoms with Crippen LogP contribution in [0, 0.1) is 11.6 Å². The lowest BCUT2D eigenvalue weighted by atomic mass is 9.73. The third-order valence-electron chi connectivity index (χ3n) is 3.65. The quantitative estimate of drug-likeness (QED) is 0.737. The first kappa shape index (κ1) is 16.1. The summed E-state index contributed by atoms with van der Waals surface area (Å²) in [5, 5.41) is 3.35. The Bertz CT molecular complexity index is 364. The van der Waals surface area contributed by atoms with Gasteiger partial charge in [0, 0.05) is 18.0 Å². The maximum absolute atomic E-state index is 13.5. The van der Waals surface area contributed by atoms with E-state index < -0.39 is 11.6 Å². The zero-order valence-corrected chi connectivity index (χ0v) is 12.2. The summed E-state index contributed by atoms with van der Waals surface area (Å²) in [5.41, 5.74) is 0.622. The maximum atomic E-state index is 13.5. The van der Waals surface area contributed by atoms with E-state index in [0.29, 0.717) is 0 Å². The average Bonchev–Trinajstić information content (AvgIpc) is 2.35. The molecule has 0 spiro atoms. The van der Waals surface area contributed by atoms with E-state index in [4.69, 9.17) is 0 Å². The predicted octanol–water partition coefficient (Wildman–Crippen LogP) is 4.41. The Hall–Kier alpha value is -0.960. The molecule has 0 unspecified atom stereocenters. The van der Waals surface area contributed by atoms with Gasteiger partial charge in [-0.25, -0.2) is 8.78 Å². The van der Waals surface area contributed by atoms with Gasteiger partial charge in [-0.3, -0.25) is 0 Å². The largest absolute Gasteiger partial charge is 0.316 e. The summed E-state index contributed by atoms with van der Waals surface area (Å²) >= 11 is 0. The van der Waals surface area contributed by atoms with Crippen LogP contribution in [0.1, 0.15) is 52.0 Å². The van der Waals surface area contributed by atoms with Gasteiger partial charge < -0.3 is 5.32 Å². The van der Waals surface area contributed by atoms with Crippen LogP contribution < -0.4 is 5.32 Å². The van der Waals surface area contributed by atoms with E-state index in [1.54, 1.807) is 0 Å². The fraction of sp³-hybridized carbons (Fsp3) is 0.625. The third kappa shape index (κ3) is 4.27. The van der Waals surface area contributed by atoms with Gasteiger partial charge in [0.05, 0.1) is 0 Å². The predicted molar refractivity (Wildman–Crippen MR) is 76.4 cm³/mol. The molecule has 1 aromatic carbocycles. The Kier molecular flexibility index (Phi) is 6.43. The zero-order chi connectivity index (χ0) is 14.3. The Morgan fingerprint density at radius 1 is 0.947 bits per heavy atom. The smallest absolute Gasteiger partial charge is 0.126 e. The second-order valence-corrected chi connectivity index (χ2v) is 5.22. The van der Waals surface area contributed by atoms with Gasteiger partial charge in [-0.2, -0.15) is 0 Å². The molecule has 3 heteroatoms. The Morgan fingerprint density at radius 3 is 1.89 bits per heavy atom. The SMILES string of the molecule is CCCC(CCC)(CNCC)c1cc(F)cc(F)c1. The van der Waals surface area contributed by atoms with Crippen LogP contribution in [-0.4, -0.2) is 13.1 Å². The normalized spacial score (nSPS) is 11.8. The highest BCUT2D eigenvalue weighted by molar-refractivity contribution is 5.27. The van der Waals surface area contributed by atoms with Gasteiger partial charge in [0.1, 0.15) is 11.6 Å². The number of rotatable bonds is 8. The molecule has 0 heterocycles. The third-order valence-corrected chi connectivity index (χ3v) is 3.65. The van der Waals surface area contributed by atoms with Crippen LogP contribution >= 0.6 is 0 Å². The highest BCUT2D eigenvalue weighted by Gasteiger charge is 2.30. The first-order valence-corrected chi connectivity index (χ1v) is 7.25. The first-order chi connectivity index (χ1) is 9.07. The van der Waals surface area contributed by atoms with Crippen LogP contribution in [0.2, 0.25) is 0 Å². The molecular weight excluding hydrogens is 244 g/mol. The molecule has 1 aromatic rings. The van der Waals surface area contributed by atoms with Crippen LogP contribution in [-0.2, 0) is 5.41 Å². The molecule has 108 valence electrons. The van der Waals surface area contributed by atoms with Crippen LogP contribution in [0.15, 0.2) is 18.2 Å². The van der Waals surface area contributed by atoms with E-state index in [0.717, 1.165) is 50.4 Å². The maximum Gasteiger partial charge on any atom is 0.126 e. The Balaban J connectivity index is 3.17. The van der Waals surface area contributed by atoms with Crippen molar-refractivity contribution in [3.8, 4) is 0 Å². The number of hydrogen-bond donors (Lipinski definition) is 1. The van der Waals surface area contributed by atoms with Crippen molar-refractivity contribution in [2.24, 2.45) is 0 Å². The molecule has 0 fully saturated rings. The summed E-state index contributed by atoms with van der Waals surface area (Å²) in [6.07, 6.45) is 3.89. The molecule has 0 aliphatic rings. The molecule has 0 aliphatic carbocycles. The topological polar surface area (TPSA) is 12.0 Å². The molecular formula is C16H25F2N. The fourth-order valence-electron chi connectivity index (χ4n) is 2.87. The molecule has 0 bridgehead atoms. The summed E-state index contributed by atoms with van der Waals surface area (Å²) in [6.45, 7) is 7.92. The van der Waals surface area contributed by atoms with Crippen molar-refractivity contribution in [2.45, 2.75) is 51.9 Å². The van der Waals surface area contributed by atoms with E-state index in [-0.39, 0.29) is 5.41 Å². The molecule has 0 aromatic heterocycles. The van der Waals surface area contributed by atoms with Crippen molar-refractivity contribution >= 4 is 0 Å². The summed E-state index contributed by atoms with van der Waals surface area (Å²) < 4.78 is 27.0. The molecule has 0 saturated heterocycles. The minimum absolute atomic E-state index is 0.164. The van der Waals surface area contributed by atoms with Crippen molar-refractivity contribution < 1.29 is 8.78 Å². The van der Waals surface area contributed by atoms with E-state index in [2.05, 4.69) is 26.1 Å². The van der Waals surface area contributed by atoms with Gasteiger partial charge in [0.15, 0.2) is 0 Å². The summed E-state index contributed by atoms with van der Waals surface area (Å²) in [6, 6.07) is 3.93. The number of nitrogens with one attached hydrogen (secondary N) is 1. The standard InChI is InChI=1S/C16H25F2N/c1-4-7-16(8-5-2,12-19-6-3)13-9-14(17)11-15(18)10-13/h9-11,19H,4-8,12H2,1-3H3. The van der Waals surface area contributed by atoms with Crippen molar-refractivity contribution in [2.75, 3.05) is 13.1 Å². The number of hydrogen-bond acceptors (Lipinski definition) is 1. The number of halogens is 2. The summed E-state index contributed by atoms with van der Waals surface area (Å²) in [5.74, 6) is -0.967.